The molecule has 2 rings (SSSR count). The molecule has 0 radical (unpaired) electrons. The Kier molecular flexibility index (Phi) is 4.23. The molecule has 4 nitrogen and oxygen atoms in total. The first-order chi connectivity index (χ1) is 8.88. The number of hydrogen-bond acceptors (Lipinski definition) is 3. The largest absolute Gasteiger partial charge is 0.391 e. The summed E-state index contributed by atoms with van der Waals surface area (Å²) in [6, 6.07) is 5.55. The molecule has 0 saturated heterocycles. The molecule has 1 atom stereocenters. The maximum absolute atomic E-state index is 13.0. The van der Waals surface area contributed by atoms with Crippen LogP contribution in [-0.2, 0) is 15.8 Å². The lowest BCUT2D eigenvalue weighted by molar-refractivity contribution is 0.131. The molecule has 1 aromatic carbocycles. The maximum Gasteiger partial charge on any atom is 0.218 e. The van der Waals surface area contributed by atoms with Gasteiger partial charge in [-0.2, -0.15) is 0 Å². The normalized spacial score (nSPS) is 17.7. The second kappa shape index (κ2) is 5.56. The molecule has 1 N–H and O–H groups in total. The summed E-state index contributed by atoms with van der Waals surface area (Å²) >= 11 is 0. The highest BCUT2D eigenvalue weighted by Crippen LogP contribution is 2.33. The van der Waals surface area contributed by atoms with E-state index in [0.717, 1.165) is 17.1 Å². The van der Waals surface area contributed by atoms with Gasteiger partial charge in [-0.1, -0.05) is 12.1 Å². The van der Waals surface area contributed by atoms with Gasteiger partial charge in [0, 0.05) is 13.6 Å². The molecule has 0 bridgehead atoms. The highest BCUT2D eigenvalue weighted by molar-refractivity contribution is 7.88. The Morgan fingerprint density at radius 2 is 2.16 bits per heavy atom. The Morgan fingerprint density at radius 1 is 1.47 bits per heavy atom. The molecule has 6 heteroatoms. The molecule has 1 aliphatic rings. The van der Waals surface area contributed by atoms with Crippen molar-refractivity contribution < 1.29 is 17.9 Å². The number of halogens is 1. The summed E-state index contributed by atoms with van der Waals surface area (Å²) in [6.45, 7) is 0.0995. The second-order valence-corrected chi connectivity index (χ2v) is 7.15. The molecule has 0 heterocycles. The van der Waals surface area contributed by atoms with Gasteiger partial charge in [-0.25, -0.2) is 17.1 Å². The molecule has 106 valence electrons. The van der Waals surface area contributed by atoms with Crippen LogP contribution in [0, 0.1) is 11.7 Å². The van der Waals surface area contributed by atoms with Gasteiger partial charge in [0.2, 0.25) is 10.0 Å². The zero-order valence-corrected chi connectivity index (χ0v) is 11.6. The molecule has 0 aromatic heterocycles. The van der Waals surface area contributed by atoms with Crippen LogP contribution in [-0.4, -0.2) is 37.5 Å². The van der Waals surface area contributed by atoms with Gasteiger partial charge >= 0.3 is 0 Å². The first kappa shape index (κ1) is 14.4. The van der Waals surface area contributed by atoms with Crippen molar-refractivity contribution in [2.24, 2.45) is 5.92 Å². The van der Waals surface area contributed by atoms with Crippen LogP contribution in [0.5, 0.6) is 0 Å². The molecule has 0 spiro atoms. The van der Waals surface area contributed by atoms with Crippen LogP contribution in [0.25, 0.3) is 0 Å². The first-order valence-corrected chi connectivity index (χ1v) is 7.86. The molecule has 1 fully saturated rings. The first-order valence-electron chi connectivity index (χ1n) is 6.25. The third-order valence-electron chi connectivity index (χ3n) is 3.32. The number of aliphatic hydroxyl groups excluding tert-OH is 1. The van der Waals surface area contributed by atoms with Crippen molar-refractivity contribution in [3.8, 4) is 0 Å². The Hall–Kier alpha value is -0.980. The van der Waals surface area contributed by atoms with Crippen LogP contribution in [0.3, 0.4) is 0 Å². The van der Waals surface area contributed by atoms with E-state index >= 15 is 0 Å². The van der Waals surface area contributed by atoms with Crippen molar-refractivity contribution in [3.05, 3.63) is 35.6 Å². The van der Waals surface area contributed by atoms with Gasteiger partial charge in [0.25, 0.3) is 0 Å². The molecule has 1 aliphatic carbocycles. The van der Waals surface area contributed by atoms with Crippen LogP contribution in [0.4, 0.5) is 4.39 Å². The van der Waals surface area contributed by atoms with Gasteiger partial charge in [0.05, 0.1) is 11.9 Å². The fourth-order valence-electron chi connectivity index (χ4n) is 1.95. The molecule has 0 amide bonds. The SMILES string of the molecule is CN(CC(O)C1CC1)S(=O)(=O)Cc1cccc(F)c1. The summed E-state index contributed by atoms with van der Waals surface area (Å²) < 4.78 is 38.3. The minimum atomic E-state index is -3.52. The van der Waals surface area contributed by atoms with Crippen LogP contribution in [0.15, 0.2) is 24.3 Å². The Bertz CT molecular complexity index is 543. The average Bonchev–Trinajstić information content (AvgIpc) is 3.11. The van der Waals surface area contributed by atoms with E-state index in [1.807, 2.05) is 0 Å². The van der Waals surface area contributed by atoms with E-state index in [-0.39, 0.29) is 18.2 Å². The van der Waals surface area contributed by atoms with Crippen molar-refractivity contribution in [2.75, 3.05) is 13.6 Å². The summed E-state index contributed by atoms with van der Waals surface area (Å²) in [5.41, 5.74) is 0.410. The van der Waals surface area contributed by atoms with Crippen LogP contribution < -0.4 is 0 Å². The predicted octanol–water partition coefficient (Wildman–Crippen LogP) is 1.36. The number of nitrogens with zero attached hydrogens (tertiary/aromatic N) is 1. The standard InChI is InChI=1S/C13H18FNO3S/c1-15(8-13(16)11-5-6-11)19(17,18)9-10-3-2-4-12(14)7-10/h2-4,7,11,13,16H,5-6,8-9H2,1H3. The Morgan fingerprint density at radius 3 is 2.74 bits per heavy atom. The van der Waals surface area contributed by atoms with E-state index in [0.29, 0.717) is 5.56 Å². The third-order valence-corrected chi connectivity index (χ3v) is 5.12. The number of aliphatic hydroxyl groups is 1. The van der Waals surface area contributed by atoms with E-state index in [9.17, 15) is 17.9 Å². The molecular weight excluding hydrogens is 269 g/mol. The average molecular weight is 287 g/mol. The van der Waals surface area contributed by atoms with Gasteiger partial charge in [-0.3, -0.25) is 0 Å². The molecule has 1 saturated carbocycles. The van der Waals surface area contributed by atoms with Crippen molar-refractivity contribution >= 4 is 10.0 Å². The Balaban J connectivity index is 2.00. The lowest BCUT2D eigenvalue weighted by atomic mass is 10.2. The summed E-state index contributed by atoms with van der Waals surface area (Å²) in [5.74, 6) is -0.473. The van der Waals surface area contributed by atoms with Crippen LogP contribution >= 0.6 is 0 Å². The summed E-state index contributed by atoms with van der Waals surface area (Å²) in [7, 11) is -2.08. The fourth-order valence-corrected chi connectivity index (χ4v) is 3.16. The van der Waals surface area contributed by atoms with Crippen molar-refractivity contribution in [1.82, 2.24) is 4.31 Å². The quantitative estimate of drug-likeness (QED) is 0.859. The van der Waals surface area contributed by atoms with Crippen LogP contribution in [0.1, 0.15) is 18.4 Å². The zero-order valence-electron chi connectivity index (χ0n) is 10.8. The van der Waals surface area contributed by atoms with E-state index in [1.54, 1.807) is 6.07 Å². The summed E-state index contributed by atoms with van der Waals surface area (Å²) in [5, 5.41) is 9.77. The molecule has 1 aromatic rings. The smallest absolute Gasteiger partial charge is 0.218 e. The van der Waals surface area contributed by atoms with Gasteiger partial charge in [-0.15, -0.1) is 0 Å². The monoisotopic (exact) mass is 287 g/mol. The molecular formula is C13H18FNO3S. The van der Waals surface area contributed by atoms with Crippen molar-refractivity contribution in [1.29, 1.82) is 0 Å². The van der Waals surface area contributed by atoms with E-state index in [2.05, 4.69) is 0 Å². The number of hydrogen-bond donors (Lipinski definition) is 1. The van der Waals surface area contributed by atoms with Gasteiger partial charge in [0.15, 0.2) is 0 Å². The second-order valence-electron chi connectivity index (χ2n) is 5.07. The van der Waals surface area contributed by atoms with Gasteiger partial charge in [0.1, 0.15) is 5.82 Å². The lowest BCUT2D eigenvalue weighted by Gasteiger charge is -2.20. The number of benzene rings is 1. The fraction of sp³-hybridized carbons (Fsp3) is 0.538. The molecule has 0 aliphatic heterocycles. The molecule has 1 unspecified atom stereocenters. The lowest BCUT2D eigenvalue weighted by Crippen LogP contribution is -2.36. The highest BCUT2D eigenvalue weighted by Gasteiger charge is 2.32. The van der Waals surface area contributed by atoms with E-state index in [1.165, 1.54) is 25.2 Å². The predicted molar refractivity (Wildman–Crippen MR) is 70.4 cm³/mol. The minimum Gasteiger partial charge on any atom is -0.391 e. The third kappa shape index (κ3) is 3.99. The van der Waals surface area contributed by atoms with Crippen molar-refractivity contribution in [2.45, 2.75) is 24.7 Å². The van der Waals surface area contributed by atoms with Gasteiger partial charge < -0.3 is 5.11 Å². The zero-order chi connectivity index (χ0) is 14.0. The van der Waals surface area contributed by atoms with Crippen LogP contribution in [0.2, 0.25) is 0 Å². The maximum atomic E-state index is 13.0. The summed E-state index contributed by atoms with van der Waals surface area (Å²) in [4.78, 5) is 0. The number of rotatable bonds is 6. The van der Waals surface area contributed by atoms with Crippen molar-refractivity contribution in [3.63, 3.8) is 0 Å². The number of sulfonamides is 1. The summed E-state index contributed by atoms with van der Waals surface area (Å²) in [6.07, 6.45) is 1.31. The Labute approximate surface area is 112 Å². The number of likely N-dealkylation sites (N-methyl/N-ethyl adjacent to an activating group) is 1. The highest BCUT2D eigenvalue weighted by atomic mass is 32.2. The van der Waals surface area contributed by atoms with E-state index < -0.39 is 21.9 Å². The topological polar surface area (TPSA) is 57.6 Å². The van der Waals surface area contributed by atoms with E-state index in [4.69, 9.17) is 0 Å². The molecule has 19 heavy (non-hydrogen) atoms. The minimum absolute atomic E-state index is 0.0995. The van der Waals surface area contributed by atoms with Gasteiger partial charge in [-0.05, 0) is 36.5 Å².